The van der Waals surface area contributed by atoms with E-state index in [0.717, 1.165) is 11.1 Å². The molecule has 2 heterocycles. The Labute approximate surface area is 191 Å². The smallest absolute Gasteiger partial charge is 0.278 e. The van der Waals surface area contributed by atoms with E-state index in [0.29, 0.717) is 43.4 Å². The molecule has 4 rings (SSSR count). The number of hydrogen-bond donors (Lipinski definition) is 1. The molecule has 2 saturated heterocycles. The molecule has 2 amide bonds. The monoisotopic (exact) mass is 448 g/mol. The maximum Gasteiger partial charge on any atom is 0.278 e. The second-order valence-electron chi connectivity index (χ2n) is 7.64. The van der Waals surface area contributed by atoms with Gasteiger partial charge in [0.15, 0.2) is 0 Å². The normalized spacial score (nSPS) is 20.7. The number of carbonyl (C=O) groups is 2. The Balaban J connectivity index is 1.67. The Bertz CT molecular complexity index is 1070. The summed E-state index contributed by atoms with van der Waals surface area (Å²) in [5.74, 6) is -0.647. The van der Waals surface area contributed by atoms with Gasteiger partial charge in [-0.05, 0) is 31.0 Å². The first kappa shape index (κ1) is 22.1. The number of hydrazine groups is 1. The predicted molar refractivity (Wildman–Crippen MR) is 123 cm³/mol. The summed E-state index contributed by atoms with van der Waals surface area (Å²) in [6.45, 7) is 4.13. The average Bonchev–Trinajstić information content (AvgIpc) is 3.11. The number of amides is 2. The van der Waals surface area contributed by atoms with Gasteiger partial charge in [0.25, 0.3) is 5.91 Å². The van der Waals surface area contributed by atoms with Gasteiger partial charge in [-0.3, -0.25) is 19.9 Å². The van der Waals surface area contributed by atoms with E-state index in [-0.39, 0.29) is 11.5 Å². The molecule has 0 spiro atoms. The first-order chi connectivity index (χ1) is 15.6. The van der Waals surface area contributed by atoms with Gasteiger partial charge < -0.3 is 4.74 Å². The molecular weight excluding hydrogens is 424 g/mol. The zero-order chi connectivity index (χ0) is 22.5. The fourth-order valence-corrected chi connectivity index (χ4v) is 5.04. The number of aryl methyl sites for hydroxylation is 1. The van der Waals surface area contributed by atoms with Crippen LogP contribution in [0.1, 0.15) is 11.1 Å². The predicted octanol–water partition coefficient (Wildman–Crippen LogP) is 2.78. The van der Waals surface area contributed by atoms with Gasteiger partial charge >= 0.3 is 0 Å². The van der Waals surface area contributed by atoms with Crippen LogP contribution < -0.4 is 10.3 Å². The second-order valence-corrected chi connectivity index (χ2v) is 8.83. The van der Waals surface area contributed by atoms with Crippen LogP contribution in [0.2, 0.25) is 0 Å². The van der Waals surface area contributed by atoms with Crippen molar-refractivity contribution < 1.29 is 14.3 Å². The van der Waals surface area contributed by atoms with E-state index < -0.39 is 11.2 Å². The number of thioether (sulfide) groups is 1. The lowest BCUT2D eigenvalue weighted by Crippen LogP contribution is -2.49. The third-order valence-electron chi connectivity index (χ3n) is 5.29. The highest BCUT2D eigenvalue weighted by Crippen LogP contribution is 2.41. The number of hydrogen-bond acceptors (Lipinski definition) is 6. The summed E-state index contributed by atoms with van der Waals surface area (Å²) in [7, 11) is 0. The van der Waals surface area contributed by atoms with Gasteiger partial charge in [0.1, 0.15) is 16.7 Å². The standard InChI is InChI=1S/C24H24N4O3S/c1-17-6-5-7-18(14-17)15-21-23(30)28(19-8-3-2-4-9-19)24(32-21)20(16-25)22(29)26-27-10-12-31-13-11-27/h2-9,14,21H,10-13,15H2,1H3,(H,26,29)/b24-20+. The van der Waals surface area contributed by atoms with E-state index in [4.69, 9.17) is 4.74 Å². The number of anilines is 1. The molecule has 0 aliphatic carbocycles. The van der Waals surface area contributed by atoms with Crippen LogP contribution >= 0.6 is 11.8 Å². The Kier molecular flexibility index (Phi) is 6.90. The highest BCUT2D eigenvalue weighted by Gasteiger charge is 2.41. The molecule has 1 N–H and O–H groups in total. The molecule has 8 heteroatoms. The van der Waals surface area contributed by atoms with Crippen LogP contribution in [0, 0.1) is 18.3 Å². The van der Waals surface area contributed by atoms with Crippen LogP contribution in [0.4, 0.5) is 5.69 Å². The van der Waals surface area contributed by atoms with Crippen LogP contribution in [0.5, 0.6) is 0 Å². The minimum absolute atomic E-state index is 0.0644. The van der Waals surface area contributed by atoms with E-state index in [2.05, 4.69) is 11.5 Å². The van der Waals surface area contributed by atoms with E-state index in [1.165, 1.54) is 16.7 Å². The van der Waals surface area contributed by atoms with Crippen molar-refractivity contribution in [3.63, 3.8) is 0 Å². The Morgan fingerprint density at radius 3 is 2.62 bits per heavy atom. The molecule has 2 aromatic carbocycles. The minimum Gasteiger partial charge on any atom is -0.379 e. The zero-order valence-corrected chi connectivity index (χ0v) is 18.6. The molecular formula is C24H24N4O3S. The lowest BCUT2D eigenvalue weighted by atomic mass is 10.1. The highest BCUT2D eigenvalue weighted by molar-refractivity contribution is 8.05. The first-order valence-electron chi connectivity index (χ1n) is 10.5. The Hall–Kier alpha value is -3.12. The lowest BCUT2D eigenvalue weighted by Gasteiger charge is -2.27. The largest absolute Gasteiger partial charge is 0.379 e. The number of nitrogens with zero attached hydrogens (tertiary/aromatic N) is 3. The number of morpholine rings is 1. The number of ether oxygens (including phenoxy) is 1. The van der Waals surface area contributed by atoms with Crippen molar-refractivity contribution in [1.82, 2.24) is 10.4 Å². The molecule has 7 nitrogen and oxygen atoms in total. The lowest BCUT2D eigenvalue weighted by molar-refractivity contribution is -0.123. The first-order valence-corrected chi connectivity index (χ1v) is 11.3. The third kappa shape index (κ3) is 4.86. The topological polar surface area (TPSA) is 85.7 Å². The minimum atomic E-state index is -0.512. The summed E-state index contributed by atoms with van der Waals surface area (Å²) in [6, 6.07) is 19.2. The maximum absolute atomic E-state index is 13.4. The second kappa shape index (κ2) is 10.0. The van der Waals surface area contributed by atoms with E-state index in [1.54, 1.807) is 5.01 Å². The van der Waals surface area contributed by atoms with Crippen molar-refractivity contribution in [3.05, 3.63) is 76.3 Å². The van der Waals surface area contributed by atoms with E-state index in [1.807, 2.05) is 61.5 Å². The molecule has 164 valence electrons. The maximum atomic E-state index is 13.4. The molecule has 2 aliphatic heterocycles. The summed E-state index contributed by atoms with van der Waals surface area (Å²) in [6.07, 6.45) is 0.516. The van der Waals surface area contributed by atoms with Crippen molar-refractivity contribution in [2.45, 2.75) is 18.6 Å². The number of carbonyl (C=O) groups excluding carboxylic acids is 2. The molecule has 0 aromatic heterocycles. The van der Waals surface area contributed by atoms with Gasteiger partial charge in [0, 0.05) is 18.8 Å². The molecule has 32 heavy (non-hydrogen) atoms. The number of rotatable bonds is 5. The van der Waals surface area contributed by atoms with Crippen LogP contribution in [0.25, 0.3) is 0 Å². The fraction of sp³-hybridized carbons (Fsp3) is 0.292. The third-order valence-corrected chi connectivity index (χ3v) is 6.56. The highest BCUT2D eigenvalue weighted by atomic mass is 32.2. The number of nitriles is 1. The Morgan fingerprint density at radius 2 is 1.94 bits per heavy atom. The molecule has 0 radical (unpaired) electrons. The molecule has 1 atom stereocenters. The molecule has 2 aromatic rings. The number of para-hydroxylation sites is 1. The summed E-state index contributed by atoms with van der Waals surface area (Å²) in [5, 5.41) is 11.6. The van der Waals surface area contributed by atoms with E-state index >= 15 is 0 Å². The van der Waals surface area contributed by atoms with Crippen molar-refractivity contribution in [3.8, 4) is 6.07 Å². The van der Waals surface area contributed by atoms with Crippen LogP contribution in [0.15, 0.2) is 65.2 Å². The van der Waals surface area contributed by atoms with Gasteiger partial charge in [-0.25, -0.2) is 5.01 Å². The summed E-state index contributed by atoms with van der Waals surface area (Å²) in [5.41, 5.74) is 5.53. The summed E-state index contributed by atoms with van der Waals surface area (Å²) in [4.78, 5) is 27.9. The van der Waals surface area contributed by atoms with E-state index in [9.17, 15) is 14.9 Å². The van der Waals surface area contributed by atoms with Crippen molar-refractivity contribution in [2.75, 3.05) is 31.2 Å². The van der Waals surface area contributed by atoms with Crippen LogP contribution in [-0.4, -0.2) is 48.4 Å². The zero-order valence-electron chi connectivity index (χ0n) is 17.8. The summed E-state index contributed by atoms with van der Waals surface area (Å²) < 4.78 is 5.31. The van der Waals surface area contributed by atoms with Crippen molar-refractivity contribution in [1.29, 1.82) is 5.26 Å². The molecule has 0 saturated carbocycles. The van der Waals surface area contributed by atoms with Gasteiger partial charge in [0.05, 0.1) is 18.5 Å². The molecule has 2 fully saturated rings. The summed E-state index contributed by atoms with van der Waals surface area (Å²) >= 11 is 1.27. The van der Waals surface area contributed by atoms with Gasteiger partial charge in [-0.1, -0.05) is 59.8 Å². The molecule has 0 bridgehead atoms. The van der Waals surface area contributed by atoms with Gasteiger partial charge in [-0.15, -0.1) is 0 Å². The fourth-order valence-electron chi connectivity index (χ4n) is 3.73. The average molecular weight is 449 g/mol. The number of nitrogens with one attached hydrogen (secondary N) is 1. The van der Waals surface area contributed by atoms with Crippen molar-refractivity contribution in [2.24, 2.45) is 0 Å². The SMILES string of the molecule is Cc1cccc(CC2S/C(=C(\C#N)C(=O)NN3CCOCC3)N(c3ccccc3)C2=O)c1. The van der Waals surface area contributed by atoms with Crippen LogP contribution in [0.3, 0.4) is 0 Å². The van der Waals surface area contributed by atoms with Gasteiger partial charge in [0.2, 0.25) is 5.91 Å². The van der Waals surface area contributed by atoms with Crippen LogP contribution in [-0.2, 0) is 20.7 Å². The van der Waals surface area contributed by atoms with Crippen molar-refractivity contribution >= 4 is 29.3 Å². The molecule has 2 aliphatic rings. The number of benzene rings is 2. The molecule has 1 unspecified atom stereocenters. The Morgan fingerprint density at radius 1 is 1.19 bits per heavy atom. The van der Waals surface area contributed by atoms with Gasteiger partial charge in [-0.2, -0.15) is 5.26 Å². The quantitative estimate of drug-likeness (QED) is 0.559.